The molecular weight excluding hydrogens is 390 g/mol. The Bertz CT molecular complexity index is 1010. The average molecular weight is 411 g/mol. The number of carbonyl (C=O) groups excluding carboxylic acids is 1. The molecule has 9 heteroatoms. The average Bonchev–Trinajstić information content (AvgIpc) is 2.77. The number of aromatic nitrogens is 1. The van der Waals surface area contributed by atoms with Crippen LogP contribution in [0.3, 0.4) is 0 Å². The van der Waals surface area contributed by atoms with Gasteiger partial charge in [0.1, 0.15) is 11.6 Å². The number of nitrogens with one attached hydrogen (secondary N) is 1. The summed E-state index contributed by atoms with van der Waals surface area (Å²) in [6.07, 6.45) is 4.77. The predicted molar refractivity (Wildman–Crippen MR) is 107 cm³/mol. The zero-order chi connectivity index (χ0) is 20.7. The van der Waals surface area contributed by atoms with Crippen LogP contribution in [0.2, 0.25) is 0 Å². The van der Waals surface area contributed by atoms with Gasteiger partial charge in [-0.25, -0.2) is 8.42 Å². The van der Waals surface area contributed by atoms with E-state index in [2.05, 4.69) is 10.3 Å². The molecule has 0 unspecified atom stereocenters. The normalized spacial score (nSPS) is 15.6. The number of nitrogens with zero attached hydrogens (tertiary/aromatic N) is 4. The lowest BCUT2D eigenvalue weighted by Crippen LogP contribution is -2.47. The number of carbonyl (C=O) groups is 1. The van der Waals surface area contributed by atoms with Gasteiger partial charge in [-0.1, -0.05) is 24.3 Å². The maximum absolute atomic E-state index is 12.7. The minimum absolute atomic E-state index is 0.0201. The van der Waals surface area contributed by atoms with Crippen molar-refractivity contribution in [1.29, 1.82) is 5.26 Å². The van der Waals surface area contributed by atoms with E-state index in [0.29, 0.717) is 13.1 Å². The zero-order valence-electron chi connectivity index (χ0n) is 15.7. The van der Waals surface area contributed by atoms with Crippen molar-refractivity contribution in [2.24, 2.45) is 0 Å². The molecule has 1 aliphatic heterocycles. The summed E-state index contributed by atoms with van der Waals surface area (Å²) in [4.78, 5) is 18.3. The van der Waals surface area contributed by atoms with Crippen molar-refractivity contribution in [3.05, 3.63) is 72.2 Å². The summed E-state index contributed by atoms with van der Waals surface area (Å²) in [6, 6.07) is 13.8. The first-order chi connectivity index (χ1) is 14.0. The number of nitriles is 1. The van der Waals surface area contributed by atoms with E-state index < -0.39 is 15.9 Å². The lowest BCUT2D eigenvalue weighted by atomic mass is 10.2. The third-order valence-electron chi connectivity index (χ3n) is 4.51. The lowest BCUT2D eigenvalue weighted by Gasteiger charge is -2.33. The lowest BCUT2D eigenvalue weighted by molar-refractivity contribution is -0.117. The Morgan fingerprint density at radius 1 is 1.14 bits per heavy atom. The minimum Gasteiger partial charge on any atom is -0.373 e. The van der Waals surface area contributed by atoms with Gasteiger partial charge in [0.15, 0.2) is 0 Å². The highest BCUT2D eigenvalue weighted by atomic mass is 32.2. The van der Waals surface area contributed by atoms with Crippen molar-refractivity contribution in [3.63, 3.8) is 0 Å². The topological polar surface area (TPSA) is 106 Å². The largest absolute Gasteiger partial charge is 0.373 e. The summed E-state index contributed by atoms with van der Waals surface area (Å²) < 4.78 is 26.8. The van der Waals surface area contributed by atoms with Gasteiger partial charge in [-0.3, -0.25) is 9.78 Å². The molecule has 3 rings (SSSR count). The first kappa shape index (κ1) is 20.5. The number of piperazine rings is 1. The Kier molecular flexibility index (Phi) is 6.59. The molecule has 1 aliphatic rings. The summed E-state index contributed by atoms with van der Waals surface area (Å²) in [6.45, 7) is 1.63. The van der Waals surface area contributed by atoms with Crippen molar-refractivity contribution in [2.45, 2.75) is 11.4 Å². The highest BCUT2D eigenvalue weighted by Crippen LogP contribution is 2.17. The number of hydrogen-bond donors (Lipinski definition) is 1. The minimum atomic E-state index is -3.54. The van der Waals surface area contributed by atoms with Gasteiger partial charge in [-0.05, 0) is 23.8 Å². The highest BCUT2D eigenvalue weighted by Gasteiger charge is 2.27. The fourth-order valence-electron chi connectivity index (χ4n) is 2.92. The van der Waals surface area contributed by atoms with E-state index in [-0.39, 0.29) is 30.1 Å². The van der Waals surface area contributed by atoms with E-state index >= 15 is 0 Å². The van der Waals surface area contributed by atoms with Crippen molar-refractivity contribution >= 4 is 15.9 Å². The van der Waals surface area contributed by atoms with E-state index in [9.17, 15) is 18.5 Å². The monoisotopic (exact) mass is 411 g/mol. The first-order valence-corrected chi connectivity index (χ1v) is 10.5. The second-order valence-electron chi connectivity index (χ2n) is 6.45. The van der Waals surface area contributed by atoms with Gasteiger partial charge in [0.2, 0.25) is 10.0 Å². The van der Waals surface area contributed by atoms with E-state index in [1.807, 2.05) is 12.1 Å². The number of amides is 1. The van der Waals surface area contributed by atoms with E-state index in [0.717, 1.165) is 5.56 Å². The van der Waals surface area contributed by atoms with Crippen LogP contribution in [-0.2, 0) is 21.4 Å². The Morgan fingerprint density at radius 2 is 1.86 bits per heavy atom. The van der Waals surface area contributed by atoms with Crippen molar-refractivity contribution in [2.75, 3.05) is 26.2 Å². The Hall–Kier alpha value is -3.22. The summed E-state index contributed by atoms with van der Waals surface area (Å²) in [5, 5.41) is 12.0. The number of pyridine rings is 1. The van der Waals surface area contributed by atoms with Crippen molar-refractivity contribution in [3.8, 4) is 6.07 Å². The Labute approximate surface area is 170 Å². The molecule has 1 aromatic carbocycles. The zero-order valence-corrected chi connectivity index (χ0v) is 16.5. The summed E-state index contributed by atoms with van der Waals surface area (Å²) in [7, 11) is -3.54. The fourth-order valence-corrected chi connectivity index (χ4v) is 4.36. The number of sulfonamides is 1. The van der Waals surface area contributed by atoms with Crippen LogP contribution in [0.15, 0.2) is 71.5 Å². The van der Waals surface area contributed by atoms with Crippen molar-refractivity contribution in [1.82, 2.24) is 19.5 Å². The van der Waals surface area contributed by atoms with E-state index in [1.165, 1.54) is 10.5 Å². The second kappa shape index (κ2) is 9.32. The standard InChI is InChI=1S/C20H21N5O3S/c21-13-18(20(26)23-15-17-5-4-8-22-14-17)16-24-9-11-25(12-10-24)29(27,28)19-6-2-1-3-7-19/h1-8,14,16H,9-12,15H2,(H,23,26)/b18-16-. The maximum atomic E-state index is 12.7. The molecule has 1 amide bonds. The predicted octanol–water partition coefficient (Wildman–Crippen LogP) is 1.11. The van der Waals surface area contributed by atoms with Crippen LogP contribution < -0.4 is 5.32 Å². The van der Waals surface area contributed by atoms with Crippen LogP contribution in [0.4, 0.5) is 0 Å². The van der Waals surface area contributed by atoms with Gasteiger partial charge in [0.05, 0.1) is 4.90 Å². The van der Waals surface area contributed by atoms with Gasteiger partial charge in [0, 0.05) is 51.3 Å². The van der Waals surface area contributed by atoms with Gasteiger partial charge >= 0.3 is 0 Å². The maximum Gasteiger partial charge on any atom is 0.263 e. The summed E-state index contributed by atoms with van der Waals surface area (Å²) in [5.74, 6) is -0.476. The van der Waals surface area contributed by atoms with Crippen LogP contribution in [0, 0.1) is 11.3 Å². The molecule has 2 heterocycles. The van der Waals surface area contributed by atoms with Crippen LogP contribution in [0.1, 0.15) is 5.56 Å². The molecule has 1 N–H and O–H groups in total. The highest BCUT2D eigenvalue weighted by molar-refractivity contribution is 7.89. The molecule has 0 aliphatic carbocycles. The molecule has 0 atom stereocenters. The molecule has 0 bridgehead atoms. The van der Waals surface area contributed by atoms with Gasteiger partial charge < -0.3 is 10.2 Å². The molecule has 1 saturated heterocycles. The molecule has 0 radical (unpaired) electrons. The van der Waals surface area contributed by atoms with Gasteiger partial charge in [-0.15, -0.1) is 0 Å². The third-order valence-corrected chi connectivity index (χ3v) is 6.42. The number of rotatable bonds is 6. The Balaban J connectivity index is 1.58. The molecule has 150 valence electrons. The Morgan fingerprint density at radius 3 is 2.48 bits per heavy atom. The molecule has 8 nitrogen and oxygen atoms in total. The van der Waals surface area contributed by atoms with E-state index in [4.69, 9.17) is 0 Å². The molecule has 0 saturated carbocycles. The number of hydrogen-bond acceptors (Lipinski definition) is 6. The summed E-state index contributed by atoms with van der Waals surface area (Å²) >= 11 is 0. The van der Waals surface area contributed by atoms with Crippen molar-refractivity contribution < 1.29 is 13.2 Å². The fraction of sp³-hybridized carbons (Fsp3) is 0.250. The molecule has 29 heavy (non-hydrogen) atoms. The second-order valence-corrected chi connectivity index (χ2v) is 8.39. The van der Waals surface area contributed by atoms with Crippen LogP contribution in [-0.4, -0.2) is 54.7 Å². The van der Waals surface area contributed by atoms with Crippen LogP contribution >= 0.6 is 0 Å². The first-order valence-electron chi connectivity index (χ1n) is 9.09. The summed E-state index contributed by atoms with van der Waals surface area (Å²) in [5.41, 5.74) is 0.811. The molecule has 1 fully saturated rings. The smallest absolute Gasteiger partial charge is 0.263 e. The van der Waals surface area contributed by atoms with Crippen LogP contribution in [0.5, 0.6) is 0 Å². The van der Waals surface area contributed by atoms with Gasteiger partial charge in [-0.2, -0.15) is 9.57 Å². The quantitative estimate of drug-likeness (QED) is 0.564. The molecule has 1 aromatic heterocycles. The molecule has 0 spiro atoms. The number of benzene rings is 1. The van der Waals surface area contributed by atoms with Crippen LogP contribution in [0.25, 0.3) is 0 Å². The molecule has 2 aromatic rings. The SMILES string of the molecule is N#C/C(=C/N1CCN(S(=O)(=O)c2ccccc2)CC1)C(=O)NCc1cccnc1. The van der Waals surface area contributed by atoms with E-state index in [1.54, 1.807) is 53.7 Å². The molecular formula is C20H21N5O3S. The third kappa shape index (κ3) is 5.19. The van der Waals surface area contributed by atoms with Gasteiger partial charge in [0.25, 0.3) is 5.91 Å².